The van der Waals surface area contributed by atoms with Crippen LogP contribution in [0.4, 0.5) is 15.9 Å². The van der Waals surface area contributed by atoms with Gasteiger partial charge in [-0.3, -0.25) is 5.01 Å². The summed E-state index contributed by atoms with van der Waals surface area (Å²) in [5.41, 5.74) is 5.46. The number of aliphatic hydroxyl groups is 1. The molecule has 0 unspecified atom stereocenters. The van der Waals surface area contributed by atoms with E-state index in [0.717, 1.165) is 39.6 Å². The summed E-state index contributed by atoms with van der Waals surface area (Å²) in [6.45, 7) is 4.13. The summed E-state index contributed by atoms with van der Waals surface area (Å²) in [6, 6.07) is 14.5. The summed E-state index contributed by atoms with van der Waals surface area (Å²) in [6.07, 6.45) is 4.10. The van der Waals surface area contributed by atoms with Crippen LogP contribution in [-0.4, -0.2) is 40.3 Å². The molecule has 3 aromatic rings. The lowest BCUT2D eigenvalue weighted by molar-refractivity contribution is 0.209. The van der Waals surface area contributed by atoms with Gasteiger partial charge in [0.05, 0.1) is 23.5 Å². The van der Waals surface area contributed by atoms with Gasteiger partial charge in [-0.15, -0.1) is 0 Å². The number of hydrogen-bond donors (Lipinski definition) is 2. The average Bonchev–Trinajstić information content (AvgIpc) is 3.18. The molecule has 2 aromatic carbocycles. The Bertz CT molecular complexity index is 1170. The van der Waals surface area contributed by atoms with Crippen LogP contribution in [0.2, 0.25) is 0 Å². The molecule has 0 spiro atoms. The Hall–Kier alpha value is -3.45. The SMILES string of the molecule is Cc1ccccc1N1CC=CC(c2c(-c3ccc(F)cc3)nn3c2NC[C@@H](CO)C3)=N1. The Morgan fingerprint density at radius 2 is 1.97 bits per heavy atom. The van der Waals surface area contributed by atoms with Crippen molar-refractivity contribution in [3.8, 4) is 11.3 Å². The second-order valence-electron chi connectivity index (χ2n) is 7.95. The highest BCUT2D eigenvalue weighted by molar-refractivity contribution is 6.16. The zero-order valence-electron chi connectivity index (χ0n) is 17.3. The molecule has 3 heterocycles. The molecule has 2 aliphatic heterocycles. The summed E-state index contributed by atoms with van der Waals surface area (Å²) < 4.78 is 15.4. The van der Waals surface area contributed by atoms with Gasteiger partial charge >= 0.3 is 0 Å². The van der Waals surface area contributed by atoms with Gasteiger partial charge in [0.1, 0.15) is 17.3 Å². The van der Waals surface area contributed by atoms with E-state index in [2.05, 4.69) is 30.4 Å². The first-order valence-electron chi connectivity index (χ1n) is 10.4. The van der Waals surface area contributed by atoms with Crippen LogP contribution < -0.4 is 10.3 Å². The molecule has 7 heteroatoms. The number of anilines is 2. The third-order valence-electron chi connectivity index (χ3n) is 5.75. The summed E-state index contributed by atoms with van der Waals surface area (Å²) in [5.74, 6) is 0.682. The van der Waals surface area contributed by atoms with E-state index in [1.54, 1.807) is 12.1 Å². The van der Waals surface area contributed by atoms with Gasteiger partial charge in [0.15, 0.2) is 0 Å². The Morgan fingerprint density at radius 3 is 2.74 bits per heavy atom. The normalized spacial score (nSPS) is 17.8. The molecule has 5 rings (SSSR count). The first-order chi connectivity index (χ1) is 15.1. The number of aryl methyl sites for hydroxylation is 1. The van der Waals surface area contributed by atoms with Crippen LogP contribution in [0.5, 0.6) is 0 Å². The fraction of sp³-hybridized carbons (Fsp3) is 0.250. The molecule has 0 saturated heterocycles. The molecule has 6 nitrogen and oxygen atoms in total. The third-order valence-corrected chi connectivity index (χ3v) is 5.75. The van der Waals surface area contributed by atoms with Crippen molar-refractivity contribution in [2.75, 3.05) is 30.0 Å². The molecule has 2 N–H and O–H groups in total. The predicted molar refractivity (Wildman–Crippen MR) is 121 cm³/mol. The number of benzene rings is 2. The van der Waals surface area contributed by atoms with Crippen LogP contribution in [-0.2, 0) is 6.54 Å². The number of para-hydroxylation sites is 1. The number of nitrogens with one attached hydrogen (secondary N) is 1. The fourth-order valence-corrected chi connectivity index (χ4v) is 4.11. The number of aromatic nitrogens is 2. The van der Waals surface area contributed by atoms with Crippen molar-refractivity contribution in [1.82, 2.24) is 9.78 Å². The molecule has 2 aliphatic rings. The topological polar surface area (TPSA) is 65.7 Å². The molecular formula is C24H24FN5O. The van der Waals surface area contributed by atoms with E-state index in [1.807, 2.05) is 27.9 Å². The summed E-state index contributed by atoms with van der Waals surface area (Å²) in [4.78, 5) is 0. The molecule has 158 valence electrons. The predicted octanol–water partition coefficient (Wildman–Crippen LogP) is 3.81. The van der Waals surface area contributed by atoms with Gasteiger partial charge in [-0.05, 0) is 48.9 Å². The number of aliphatic hydroxyl groups excluding tert-OH is 1. The second-order valence-corrected chi connectivity index (χ2v) is 7.95. The zero-order chi connectivity index (χ0) is 21.4. The number of nitrogens with zero attached hydrogens (tertiary/aromatic N) is 4. The quantitative estimate of drug-likeness (QED) is 0.678. The van der Waals surface area contributed by atoms with Crippen molar-refractivity contribution >= 4 is 17.2 Å². The number of rotatable bonds is 4. The number of halogens is 1. The maximum Gasteiger partial charge on any atom is 0.134 e. The highest BCUT2D eigenvalue weighted by Crippen LogP contribution is 2.34. The minimum absolute atomic E-state index is 0.0913. The van der Waals surface area contributed by atoms with E-state index >= 15 is 0 Å². The van der Waals surface area contributed by atoms with Gasteiger partial charge in [0.2, 0.25) is 0 Å². The summed E-state index contributed by atoms with van der Waals surface area (Å²) in [7, 11) is 0. The molecule has 31 heavy (non-hydrogen) atoms. The maximum absolute atomic E-state index is 13.6. The lowest BCUT2D eigenvalue weighted by Gasteiger charge is -2.26. The van der Waals surface area contributed by atoms with E-state index in [4.69, 9.17) is 10.2 Å². The Labute approximate surface area is 180 Å². The first-order valence-corrected chi connectivity index (χ1v) is 10.4. The van der Waals surface area contributed by atoms with Crippen LogP contribution in [0, 0.1) is 18.7 Å². The van der Waals surface area contributed by atoms with Crippen LogP contribution in [0.1, 0.15) is 11.1 Å². The lowest BCUT2D eigenvalue weighted by atomic mass is 10.0. The van der Waals surface area contributed by atoms with Crippen molar-refractivity contribution < 1.29 is 9.50 Å². The molecule has 0 amide bonds. The maximum atomic E-state index is 13.6. The number of hydrazone groups is 1. The molecule has 1 atom stereocenters. The number of hydrogen-bond acceptors (Lipinski definition) is 5. The van der Waals surface area contributed by atoms with Crippen molar-refractivity contribution in [3.05, 3.63) is 77.6 Å². The Morgan fingerprint density at radius 1 is 1.16 bits per heavy atom. The smallest absolute Gasteiger partial charge is 0.134 e. The van der Waals surface area contributed by atoms with Crippen molar-refractivity contribution in [3.63, 3.8) is 0 Å². The van der Waals surface area contributed by atoms with Gasteiger partial charge in [-0.25, -0.2) is 9.07 Å². The fourth-order valence-electron chi connectivity index (χ4n) is 4.11. The van der Waals surface area contributed by atoms with Crippen molar-refractivity contribution in [2.45, 2.75) is 13.5 Å². The van der Waals surface area contributed by atoms with E-state index in [-0.39, 0.29) is 18.3 Å². The van der Waals surface area contributed by atoms with E-state index in [1.165, 1.54) is 12.1 Å². The molecule has 0 aliphatic carbocycles. The van der Waals surface area contributed by atoms with Gasteiger partial charge in [-0.2, -0.15) is 10.2 Å². The van der Waals surface area contributed by atoms with Crippen LogP contribution >= 0.6 is 0 Å². The van der Waals surface area contributed by atoms with Crippen molar-refractivity contribution in [1.29, 1.82) is 0 Å². The van der Waals surface area contributed by atoms with E-state index in [0.29, 0.717) is 19.6 Å². The van der Waals surface area contributed by atoms with Gasteiger partial charge in [0.25, 0.3) is 0 Å². The highest BCUT2D eigenvalue weighted by Gasteiger charge is 2.28. The summed E-state index contributed by atoms with van der Waals surface area (Å²) >= 11 is 0. The van der Waals surface area contributed by atoms with Gasteiger partial charge in [-0.1, -0.05) is 24.3 Å². The van der Waals surface area contributed by atoms with E-state index < -0.39 is 0 Å². The van der Waals surface area contributed by atoms with Crippen molar-refractivity contribution in [2.24, 2.45) is 11.0 Å². The zero-order valence-corrected chi connectivity index (χ0v) is 17.3. The second kappa shape index (κ2) is 8.00. The molecular weight excluding hydrogens is 393 g/mol. The summed E-state index contributed by atoms with van der Waals surface area (Å²) in [5, 5.41) is 24.8. The molecule has 1 aromatic heterocycles. The van der Waals surface area contributed by atoms with Crippen LogP contribution in [0.15, 0.2) is 65.8 Å². The minimum Gasteiger partial charge on any atom is -0.396 e. The number of allylic oxidation sites excluding steroid dienone is 1. The van der Waals surface area contributed by atoms with Crippen LogP contribution in [0.25, 0.3) is 11.3 Å². The van der Waals surface area contributed by atoms with Gasteiger partial charge in [0, 0.05) is 31.2 Å². The molecule has 0 fully saturated rings. The lowest BCUT2D eigenvalue weighted by Crippen LogP contribution is -2.31. The van der Waals surface area contributed by atoms with Gasteiger partial charge < -0.3 is 10.4 Å². The minimum atomic E-state index is -0.284. The number of fused-ring (bicyclic) bond motifs is 1. The monoisotopic (exact) mass is 417 g/mol. The first kappa shape index (κ1) is 19.5. The van der Waals surface area contributed by atoms with Crippen LogP contribution in [0.3, 0.4) is 0 Å². The standard InChI is InChI=1S/C24H24FN5O/c1-16-5-2-3-7-21(16)29-12-4-6-20(27-29)22-23(18-8-10-19(25)11-9-18)28-30-14-17(15-31)13-26-24(22)30/h2-11,17,26,31H,12-15H2,1H3/t17-/m1/s1. The average molecular weight is 417 g/mol. The third kappa shape index (κ3) is 3.61. The Balaban J connectivity index is 1.63. The molecule has 0 radical (unpaired) electrons. The van der Waals surface area contributed by atoms with E-state index in [9.17, 15) is 9.50 Å². The largest absolute Gasteiger partial charge is 0.396 e. The molecule has 0 bridgehead atoms. The Kier molecular flexibility index (Phi) is 5.03. The highest BCUT2D eigenvalue weighted by atomic mass is 19.1. The molecule has 0 saturated carbocycles.